The number of piperazine rings is 1. The van der Waals surface area contributed by atoms with E-state index in [1.54, 1.807) is 17.3 Å². The number of hydrogen-bond acceptors (Lipinski definition) is 3. The van der Waals surface area contributed by atoms with Gasteiger partial charge >= 0.3 is 0 Å². The lowest BCUT2D eigenvalue weighted by Crippen LogP contribution is -2.66. The lowest BCUT2D eigenvalue weighted by molar-refractivity contribution is -0.152. The van der Waals surface area contributed by atoms with Crippen molar-refractivity contribution in [3.63, 3.8) is 0 Å². The Kier molecular flexibility index (Phi) is 3.66. The normalized spacial score (nSPS) is 21.5. The Morgan fingerprint density at radius 2 is 2.00 bits per heavy atom. The summed E-state index contributed by atoms with van der Waals surface area (Å²) >= 11 is 0. The Hall–Kier alpha value is -1.91. The van der Waals surface area contributed by atoms with Crippen LogP contribution in [0.25, 0.3) is 0 Å². The zero-order valence-electron chi connectivity index (χ0n) is 12.4. The zero-order valence-corrected chi connectivity index (χ0v) is 12.4. The molecule has 2 heterocycles. The summed E-state index contributed by atoms with van der Waals surface area (Å²) in [6, 6.07) is 2.01. The molecule has 1 aliphatic heterocycles. The molecule has 112 valence electrons. The molecule has 1 saturated carbocycles. The molecular formula is C16H21N3O2. The summed E-state index contributed by atoms with van der Waals surface area (Å²) in [6.45, 7) is 2.58. The summed E-state index contributed by atoms with van der Waals surface area (Å²) in [7, 11) is 0. The molecule has 3 rings (SSSR count). The third-order valence-electron chi connectivity index (χ3n) is 4.42. The Balaban J connectivity index is 1.81. The third kappa shape index (κ3) is 2.77. The van der Waals surface area contributed by atoms with E-state index in [1.165, 1.54) is 0 Å². The van der Waals surface area contributed by atoms with Gasteiger partial charge in [0.05, 0.1) is 6.54 Å². The van der Waals surface area contributed by atoms with Gasteiger partial charge in [-0.3, -0.25) is 14.6 Å². The van der Waals surface area contributed by atoms with Gasteiger partial charge in [0.25, 0.3) is 0 Å². The summed E-state index contributed by atoms with van der Waals surface area (Å²) in [5, 5.41) is 2.96. The monoisotopic (exact) mass is 287 g/mol. The number of pyridine rings is 1. The molecule has 1 saturated heterocycles. The molecule has 1 aromatic rings. The predicted octanol–water partition coefficient (Wildman–Crippen LogP) is 1.55. The van der Waals surface area contributed by atoms with Gasteiger partial charge in [-0.2, -0.15) is 0 Å². The highest BCUT2D eigenvalue weighted by atomic mass is 16.2. The first kappa shape index (κ1) is 14.0. The topological polar surface area (TPSA) is 62.3 Å². The average Bonchev–Trinajstić information content (AvgIpc) is 2.45. The maximum Gasteiger partial charge on any atom is 0.249 e. The molecule has 21 heavy (non-hydrogen) atoms. The van der Waals surface area contributed by atoms with Crippen LogP contribution >= 0.6 is 0 Å². The van der Waals surface area contributed by atoms with Crippen molar-refractivity contribution in [3.8, 4) is 0 Å². The van der Waals surface area contributed by atoms with E-state index < -0.39 is 5.54 Å². The highest BCUT2D eigenvalue weighted by Gasteiger charge is 2.46. The number of amides is 2. The van der Waals surface area contributed by atoms with Gasteiger partial charge in [0.1, 0.15) is 5.54 Å². The fourth-order valence-electron chi connectivity index (χ4n) is 3.45. The van der Waals surface area contributed by atoms with Crippen molar-refractivity contribution in [2.24, 2.45) is 0 Å². The molecule has 0 atom stereocenters. The second kappa shape index (κ2) is 5.47. The maximum atomic E-state index is 12.8. The number of rotatable bonds is 2. The molecule has 2 aliphatic rings. The van der Waals surface area contributed by atoms with Gasteiger partial charge in [-0.25, -0.2) is 0 Å². The van der Waals surface area contributed by atoms with Crippen molar-refractivity contribution in [1.29, 1.82) is 0 Å². The molecule has 0 radical (unpaired) electrons. The molecule has 0 aromatic carbocycles. The van der Waals surface area contributed by atoms with Crippen LogP contribution < -0.4 is 5.32 Å². The minimum absolute atomic E-state index is 0.0443. The Bertz CT molecular complexity index is 564. The Labute approximate surface area is 124 Å². The minimum atomic E-state index is -0.648. The number of carbonyl (C=O) groups is 2. The van der Waals surface area contributed by atoms with E-state index in [0.717, 1.165) is 43.2 Å². The van der Waals surface area contributed by atoms with Gasteiger partial charge in [-0.15, -0.1) is 0 Å². The summed E-state index contributed by atoms with van der Waals surface area (Å²) < 4.78 is 0. The fraction of sp³-hybridized carbons (Fsp3) is 0.562. The summed E-state index contributed by atoms with van der Waals surface area (Å²) in [4.78, 5) is 30.7. The van der Waals surface area contributed by atoms with Crippen LogP contribution in [0.3, 0.4) is 0 Å². The summed E-state index contributed by atoms with van der Waals surface area (Å²) in [5.74, 6) is 0.0282. The molecule has 1 aliphatic carbocycles. The van der Waals surface area contributed by atoms with Crippen LogP contribution in [-0.4, -0.2) is 33.8 Å². The Morgan fingerprint density at radius 3 is 2.71 bits per heavy atom. The lowest BCUT2D eigenvalue weighted by atomic mass is 9.79. The van der Waals surface area contributed by atoms with E-state index in [1.807, 2.05) is 13.0 Å². The quantitative estimate of drug-likeness (QED) is 0.897. The molecular weight excluding hydrogens is 266 g/mol. The van der Waals surface area contributed by atoms with Crippen molar-refractivity contribution in [3.05, 3.63) is 29.6 Å². The SMILES string of the molecule is Cc1cncc(CN2CC(=O)NC3(CCCCC3)C2=O)c1. The van der Waals surface area contributed by atoms with Crippen LogP contribution in [0.1, 0.15) is 43.2 Å². The largest absolute Gasteiger partial charge is 0.340 e. The molecule has 1 aromatic heterocycles. The maximum absolute atomic E-state index is 12.8. The molecule has 5 heteroatoms. The van der Waals surface area contributed by atoms with Crippen LogP contribution in [0.15, 0.2) is 18.5 Å². The second-order valence-corrected chi connectivity index (χ2v) is 6.22. The number of hydrogen-bond donors (Lipinski definition) is 1. The first-order chi connectivity index (χ1) is 10.1. The smallest absolute Gasteiger partial charge is 0.249 e. The second-order valence-electron chi connectivity index (χ2n) is 6.22. The molecule has 1 spiro atoms. The van der Waals surface area contributed by atoms with Crippen LogP contribution in [0.2, 0.25) is 0 Å². The molecule has 2 amide bonds. The van der Waals surface area contributed by atoms with Gasteiger partial charge in [-0.1, -0.05) is 25.3 Å². The average molecular weight is 287 g/mol. The summed E-state index contributed by atoms with van der Waals surface area (Å²) in [6.07, 6.45) is 8.24. The predicted molar refractivity (Wildman–Crippen MR) is 78.3 cm³/mol. The number of nitrogens with zero attached hydrogens (tertiary/aromatic N) is 2. The van der Waals surface area contributed by atoms with Gasteiger partial charge in [0, 0.05) is 18.9 Å². The van der Waals surface area contributed by atoms with Crippen molar-refractivity contribution in [2.75, 3.05) is 6.54 Å². The van der Waals surface area contributed by atoms with Crippen LogP contribution in [0.5, 0.6) is 0 Å². The lowest BCUT2D eigenvalue weighted by Gasteiger charge is -2.44. The number of carbonyl (C=O) groups excluding carboxylic acids is 2. The van der Waals surface area contributed by atoms with Gasteiger partial charge in [0.2, 0.25) is 11.8 Å². The van der Waals surface area contributed by atoms with E-state index in [0.29, 0.717) is 6.54 Å². The molecule has 5 nitrogen and oxygen atoms in total. The fourth-order valence-corrected chi connectivity index (χ4v) is 3.45. The Morgan fingerprint density at radius 1 is 1.24 bits per heavy atom. The number of aromatic nitrogens is 1. The van der Waals surface area contributed by atoms with Crippen molar-refractivity contribution >= 4 is 11.8 Å². The van der Waals surface area contributed by atoms with E-state index in [-0.39, 0.29) is 18.4 Å². The highest BCUT2D eigenvalue weighted by Crippen LogP contribution is 2.32. The highest BCUT2D eigenvalue weighted by molar-refractivity contribution is 5.98. The molecule has 2 fully saturated rings. The first-order valence-electron chi connectivity index (χ1n) is 7.60. The standard InChI is InChI=1S/C16H21N3O2/c1-12-7-13(9-17-8-12)10-19-11-14(20)18-16(15(19)21)5-3-2-4-6-16/h7-9H,2-6,10-11H2,1H3,(H,18,20). The van der Waals surface area contributed by atoms with E-state index in [9.17, 15) is 9.59 Å². The van der Waals surface area contributed by atoms with E-state index >= 15 is 0 Å². The first-order valence-corrected chi connectivity index (χ1v) is 7.60. The number of aryl methyl sites for hydroxylation is 1. The van der Waals surface area contributed by atoms with Crippen molar-refractivity contribution in [1.82, 2.24) is 15.2 Å². The van der Waals surface area contributed by atoms with Crippen LogP contribution in [0.4, 0.5) is 0 Å². The van der Waals surface area contributed by atoms with Gasteiger partial charge < -0.3 is 10.2 Å². The number of nitrogens with one attached hydrogen (secondary N) is 1. The van der Waals surface area contributed by atoms with Gasteiger partial charge in [-0.05, 0) is 30.9 Å². The molecule has 0 bridgehead atoms. The zero-order chi connectivity index (χ0) is 14.9. The van der Waals surface area contributed by atoms with Crippen molar-refractivity contribution in [2.45, 2.75) is 51.1 Å². The van der Waals surface area contributed by atoms with Crippen molar-refractivity contribution < 1.29 is 9.59 Å². The minimum Gasteiger partial charge on any atom is -0.340 e. The van der Waals surface area contributed by atoms with Crippen LogP contribution in [-0.2, 0) is 16.1 Å². The van der Waals surface area contributed by atoms with Gasteiger partial charge in [0.15, 0.2) is 0 Å². The summed E-state index contributed by atoms with van der Waals surface area (Å²) in [5.41, 5.74) is 1.39. The van der Waals surface area contributed by atoms with Crippen LogP contribution in [0, 0.1) is 6.92 Å². The van der Waals surface area contributed by atoms with E-state index in [4.69, 9.17) is 0 Å². The molecule has 1 N–H and O–H groups in total. The van der Waals surface area contributed by atoms with E-state index in [2.05, 4.69) is 10.3 Å². The third-order valence-corrected chi connectivity index (χ3v) is 4.42. The molecule has 0 unspecified atom stereocenters.